The van der Waals surface area contributed by atoms with Crippen molar-refractivity contribution in [3.8, 4) is 0 Å². The summed E-state index contributed by atoms with van der Waals surface area (Å²) in [4.78, 5) is 19.8. The maximum absolute atomic E-state index is 11.8. The Morgan fingerprint density at radius 1 is 1.16 bits per heavy atom. The third-order valence-electron chi connectivity index (χ3n) is 6.27. The van der Waals surface area contributed by atoms with E-state index < -0.39 is 32.6 Å². The number of rotatable bonds is 7. The molecule has 0 saturated carbocycles. The second-order valence-electron chi connectivity index (χ2n) is 9.43. The van der Waals surface area contributed by atoms with Gasteiger partial charge in [0.25, 0.3) is 0 Å². The number of pyridine rings is 1. The highest BCUT2D eigenvalue weighted by molar-refractivity contribution is 6.74. The zero-order chi connectivity index (χ0) is 23.0. The number of hydrogen-bond acceptors (Lipinski definition) is 6. The van der Waals surface area contributed by atoms with Crippen molar-refractivity contribution in [2.45, 2.75) is 63.6 Å². The molecule has 7 nitrogen and oxygen atoms in total. The summed E-state index contributed by atoms with van der Waals surface area (Å²) in [5.41, 5.74) is 2.45. The van der Waals surface area contributed by atoms with Crippen LogP contribution in [0.25, 0.3) is 21.8 Å². The predicted molar refractivity (Wildman–Crippen MR) is 123 cm³/mol. The number of aromatic amines is 1. The number of benzene rings is 1. The number of hydrogen-bond donors (Lipinski definition) is 3. The molecule has 3 atom stereocenters. The van der Waals surface area contributed by atoms with Gasteiger partial charge in [-0.3, -0.25) is 4.98 Å². The molecule has 1 aromatic carbocycles. The molecule has 31 heavy (non-hydrogen) atoms. The van der Waals surface area contributed by atoms with E-state index in [1.807, 2.05) is 30.3 Å². The van der Waals surface area contributed by atoms with Crippen LogP contribution in [0, 0.1) is 0 Å². The zero-order valence-corrected chi connectivity index (χ0v) is 20.0. The molecule has 3 rings (SSSR count). The average Bonchev–Trinajstić information content (AvgIpc) is 3.09. The SMILES string of the molecule is COC(=O)C(O)C(O)CC(O[Si](C)(C)C(C)(C)C)c1nccc2c1[nH]c1ccccc12. The third kappa shape index (κ3) is 4.67. The number of ether oxygens (including phenoxy) is 1. The van der Waals surface area contributed by atoms with Gasteiger partial charge in [0.2, 0.25) is 0 Å². The molecule has 168 valence electrons. The second kappa shape index (κ2) is 8.70. The predicted octanol–water partition coefficient (Wildman–Crippen LogP) is 4.06. The van der Waals surface area contributed by atoms with Crippen LogP contribution < -0.4 is 0 Å². The minimum Gasteiger partial charge on any atom is -0.467 e. The van der Waals surface area contributed by atoms with Crippen LogP contribution in [0.3, 0.4) is 0 Å². The van der Waals surface area contributed by atoms with Crippen LogP contribution in [-0.4, -0.2) is 53.8 Å². The Morgan fingerprint density at radius 2 is 1.84 bits per heavy atom. The van der Waals surface area contributed by atoms with Crippen molar-refractivity contribution in [2.24, 2.45) is 0 Å². The van der Waals surface area contributed by atoms with Crippen molar-refractivity contribution < 1.29 is 24.2 Å². The van der Waals surface area contributed by atoms with Crippen molar-refractivity contribution in [1.82, 2.24) is 9.97 Å². The summed E-state index contributed by atoms with van der Waals surface area (Å²) in [6, 6.07) is 9.93. The van der Waals surface area contributed by atoms with Gasteiger partial charge in [-0.05, 0) is 30.3 Å². The highest BCUT2D eigenvalue weighted by atomic mass is 28.4. The molecular formula is C23H32N2O5Si. The standard InChI is InChI=1S/C23H32N2O5Si/c1-23(2,3)31(5,6)30-18(13-17(26)21(27)22(28)29-4)20-19-15(11-12-24-20)14-9-7-8-10-16(14)25-19/h7-12,17-18,21,25-27H,13H2,1-6H3. The van der Waals surface area contributed by atoms with Gasteiger partial charge in [-0.2, -0.15) is 0 Å². The van der Waals surface area contributed by atoms with Crippen molar-refractivity contribution in [1.29, 1.82) is 0 Å². The first-order chi connectivity index (χ1) is 14.5. The van der Waals surface area contributed by atoms with Crippen LogP contribution >= 0.6 is 0 Å². The monoisotopic (exact) mass is 444 g/mol. The lowest BCUT2D eigenvalue weighted by atomic mass is 10.0. The Balaban J connectivity index is 2.08. The molecular weight excluding hydrogens is 412 g/mol. The summed E-state index contributed by atoms with van der Waals surface area (Å²) in [5.74, 6) is -0.879. The molecule has 3 N–H and O–H groups in total. The summed E-state index contributed by atoms with van der Waals surface area (Å²) in [5, 5.41) is 22.8. The first-order valence-electron chi connectivity index (χ1n) is 10.4. The molecule has 0 radical (unpaired) electrons. The van der Waals surface area contributed by atoms with E-state index in [0.717, 1.165) is 21.8 Å². The molecule has 0 aliphatic heterocycles. The van der Waals surface area contributed by atoms with Gasteiger partial charge < -0.3 is 24.4 Å². The molecule has 0 fully saturated rings. The van der Waals surface area contributed by atoms with E-state index in [2.05, 4.69) is 48.6 Å². The van der Waals surface area contributed by atoms with Gasteiger partial charge in [0, 0.05) is 28.9 Å². The van der Waals surface area contributed by atoms with Gasteiger partial charge >= 0.3 is 5.97 Å². The zero-order valence-electron chi connectivity index (χ0n) is 19.0. The lowest BCUT2D eigenvalue weighted by Crippen LogP contribution is -2.43. The van der Waals surface area contributed by atoms with Crippen LogP contribution in [0.1, 0.15) is 39.0 Å². The number of H-pyrrole nitrogens is 1. The summed E-state index contributed by atoms with van der Waals surface area (Å²) in [6.45, 7) is 10.6. The normalized spacial score (nSPS) is 15.7. The number of nitrogens with one attached hydrogen (secondary N) is 1. The molecule has 0 aliphatic carbocycles. The minimum atomic E-state index is -2.28. The van der Waals surface area contributed by atoms with E-state index in [0.29, 0.717) is 5.69 Å². The van der Waals surface area contributed by atoms with E-state index in [9.17, 15) is 15.0 Å². The molecule has 0 amide bonds. The Hall–Kier alpha value is -2.26. The van der Waals surface area contributed by atoms with E-state index >= 15 is 0 Å². The summed E-state index contributed by atoms with van der Waals surface area (Å²) in [6.07, 6.45) is -1.90. The highest BCUT2D eigenvalue weighted by Gasteiger charge is 2.41. The number of esters is 1. The number of fused-ring (bicyclic) bond motifs is 3. The number of aliphatic hydroxyl groups excluding tert-OH is 2. The number of aromatic nitrogens is 2. The molecule has 0 saturated heterocycles. The fourth-order valence-corrected chi connectivity index (χ4v) is 4.69. The van der Waals surface area contributed by atoms with E-state index in [1.165, 1.54) is 7.11 Å². The maximum Gasteiger partial charge on any atom is 0.337 e. The Kier molecular flexibility index (Phi) is 6.57. The Labute approximate surface area is 183 Å². The molecule has 8 heteroatoms. The topological polar surface area (TPSA) is 105 Å². The number of nitrogens with zero attached hydrogens (tertiary/aromatic N) is 1. The fourth-order valence-electron chi connectivity index (χ4n) is 3.41. The van der Waals surface area contributed by atoms with Crippen LogP contribution in [0.5, 0.6) is 0 Å². The van der Waals surface area contributed by atoms with Gasteiger partial charge in [-0.15, -0.1) is 0 Å². The molecule has 2 aromatic heterocycles. The van der Waals surface area contributed by atoms with Gasteiger partial charge in [-0.1, -0.05) is 39.0 Å². The summed E-state index contributed by atoms with van der Waals surface area (Å²) >= 11 is 0. The summed E-state index contributed by atoms with van der Waals surface area (Å²) < 4.78 is 11.2. The third-order valence-corrected chi connectivity index (χ3v) is 10.8. The minimum absolute atomic E-state index is 0.00422. The first kappa shape index (κ1) is 23.4. The molecule has 3 aromatic rings. The van der Waals surface area contributed by atoms with Gasteiger partial charge in [0.1, 0.15) is 0 Å². The molecule has 0 bridgehead atoms. The van der Waals surface area contributed by atoms with Gasteiger partial charge in [-0.25, -0.2) is 4.79 Å². The van der Waals surface area contributed by atoms with Crippen molar-refractivity contribution >= 4 is 36.1 Å². The Morgan fingerprint density at radius 3 is 2.48 bits per heavy atom. The van der Waals surface area contributed by atoms with Gasteiger partial charge in [0.05, 0.1) is 30.5 Å². The van der Waals surface area contributed by atoms with Crippen molar-refractivity contribution in [2.75, 3.05) is 7.11 Å². The largest absolute Gasteiger partial charge is 0.467 e. The van der Waals surface area contributed by atoms with Crippen molar-refractivity contribution in [3.05, 3.63) is 42.2 Å². The highest BCUT2D eigenvalue weighted by Crippen LogP contribution is 2.42. The van der Waals surface area contributed by atoms with E-state index in [1.54, 1.807) is 6.20 Å². The van der Waals surface area contributed by atoms with Crippen LogP contribution in [0.2, 0.25) is 18.1 Å². The molecule has 2 heterocycles. The summed E-state index contributed by atoms with van der Waals surface area (Å²) in [7, 11) is -1.10. The number of carbonyl (C=O) groups excluding carboxylic acids is 1. The first-order valence-corrected chi connectivity index (χ1v) is 13.3. The number of carbonyl (C=O) groups is 1. The van der Waals surface area contributed by atoms with Crippen molar-refractivity contribution in [3.63, 3.8) is 0 Å². The number of aliphatic hydroxyl groups is 2. The molecule has 0 spiro atoms. The second-order valence-corrected chi connectivity index (χ2v) is 14.2. The molecule has 0 aliphatic rings. The molecule has 3 unspecified atom stereocenters. The van der Waals surface area contributed by atoms with E-state index in [-0.39, 0.29) is 11.5 Å². The maximum atomic E-state index is 11.8. The fraction of sp³-hybridized carbons (Fsp3) is 0.478. The lowest BCUT2D eigenvalue weighted by Gasteiger charge is -2.39. The number of methoxy groups -OCH3 is 1. The quantitative estimate of drug-likeness (QED) is 0.375. The van der Waals surface area contributed by atoms with Crippen LogP contribution in [0.4, 0.5) is 0 Å². The lowest BCUT2D eigenvalue weighted by molar-refractivity contribution is -0.157. The number of para-hydroxylation sites is 1. The smallest absolute Gasteiger partial charge is 0.337 e. The van der Waals surface area contributed by atoms with Gasteiger partial charge in [0.15, 0.2) is 14.4 Å². The van der Waals surface area contributed by atoms with Crippen LogP contribution in [-0.2, 0) is 14.0 Å². The Bertz CT molecular complexity index is 1070. The van der Waals surface area contributed by atoms with E-state index in [4.69, 9.17) is 4.43 Å². The average molecular weight is 445 g/mol. The van der Waals surface area contributed by atoms with Crippen LogP contribution in [0.15, 0.2) is 36.5 Å².